The number of nitrogens with one attached hydrogen (secondary N) is 2. The molecule has 2 aromatic rings. The number of ether oxygens (including phenoxy) is 1. The fourth-order valence-corrected chi connectivity index (χ4v) is 2.71. The first-order valence-electron chi connectivity index (χ1n) is 7.49. The van der Waals surface area contributed by atoms with E-state index in [1.165, 1.54) is 11.3 Å². The molecule has 0 radical (unpaired) electrons. The molecular weight excluding hydrogens is 312 g/mol. The number of hydrogen-bond acceptors (Lipinski definition) is 4. The van der Waals surface area contributed by atoms with Gasteiger partial charge in [0.15, 0.2) is 0 Å². The van der Waals surface area contributed by atoms with Crippen LogP contribution >= 0.6 is 11.3 Å². The van der Waals surface area contributed by atoms with E-state index in [4.69, 9.17) is 4.74 Å². The minimum atomic E-state index is -0.252. The molecule has 0 aliphatic heterocycles. The molecular formula is C17H20N2O3S. The monoisotopic (exact) mass is 332 g/mol. The lowest BCUT2D eigenvalue weighted by molar-refractivity contribution is 0.0964. The Kier molecular flexibility index (Phi) is 6.17. The standard InChI is InChI=1S/C17H20N2O3S/c1-3-4-10-22-13-7-5-12(6-8-13)15(20)19-17-14(9-11-23-17)16(21)18-2/h5-9,11H,3-4,10H2,1-2H3,(H,18,21)(H,19,20). The van der Waals surface area contributed by atoms with Crippen molar-refractivity contribution in [3.8, 4) is 5.75 Å². The van der Waals surface area contributed by atoms with Crippen LogP contribution in [0.15, 0.2) is 35.7 Å². The van der Waals surface area contributed by atoms with E-state index in [2.05, 4.69) is 17.6 Å². The summed E-state index contributed by atoms with van der Waals surface area (Å²) in [5.41, 5.74) is 0.981. The molecule has 6 heteroatoms. The van der Waals surface area contributed by atoms with Gasteiger partial charge in [-0.15, -0.1) is 11.3 Å². The van der Waals surface area contributed by atoms with Gasteiger partial charge in [-0.05, 0) is 42.1 Å². The normalized spacial score (nSPS) is 10.2. The summed E-state index contributed by atoms with van der Waals surface area (Å²) in [5.74, 6) is 0.274. The van der Waals surface area contributed by atoms with Gasteiger partial charge >= 0.3 is 0 Å². The number of hydrogen-bond donors (Lipinski definition) is 2. The lowest BCUT2D eigenvalue weighted by Crippen LogP contribution is -2.20. The number of anilines is 1. The number of carbonyl (C=O) groups is 2. The zero-order valence-corrected chi connectivity index (χ0v) is 14.0. The van der Waals surface area contributed by atoms with Gasteiger partial charge in [-0.25, -0.2) is 0 Å². The molecule has 0 aliphatic rings. The Balaban J connectivity index is 2.01. The van der Waals surface area contributed by atoms with E-state index in [1.54, 1.807) is 42.8 Å². The van der Waals surface area contributed by atoms with E-state index in [0.29, 0.717) is 22.7 Å². The summed E-state index contributed by atoms with van der Waals surface area (Å²) >= 11 is 1.32. The smallest absolute Gasteiger partial charge is 0.256 e. The molecule has 5 nitrogen and oxygen atoms in total. The fourth-order valence-electron chi connectivity index (χ4n) is 1.93. The van der Waals surface area contributed by atoms with E-state index in [1.807, 2.05) is 0 Å². The number of benzene rings is 1. The van der Waals surface area contributed by atoms with E-state index in [9.17, 15) is 9.59 Å². The van der Waals surface area contributed by atoms with E-state index in [0.717, 1.165) is 18.6 Å². The van der Waals surface area contributed by atoms with Crippen molar-refractivity contribution in [3.05, 3.63) is 46.8 Å². The maximum absolute atomic E-state index is 12.3. The Morgan fingerprint density at radius 2 is 1.87 bits per heavy atom. The second-order valence-corrected chi connectivity index (χ2v) is 5.84. The van der Waals surface area contributed by atoms with Crippen LogP contribution in [0.25, 0.3) is 0 Å². The van der Waals surface area contributed by atoms with E-state index < -0.39 is 0 Å². The summed E-state index contributed by atoms with van der Waals surface area (Å²) < 4.78 is 5.57. The maximum atomic E-state index is 12.3. The van der Waals surface area contributed by atoms with Gasteiger partial charge in [-0.1, -0.05) is 13.3 Å². The van der Waals surface area contributed by atoms with Gasteiger partial charge in [0.1, 0.15) is 10.8 Å². The minimum absolute atomic E-state index is 0.221. The van der Waals surface area contributed by atoms with Crippen molar-refractivity contribution >= 4 is 28.2 Å². The van der Waals surface area contributed by atoms with E-state index >= 15 is 0 Å². The molecule has 0 aliphatic carbocycles. The lowest BCUT2D eigenvalue weighted by atomic mass is 10.2. The maximum Gasteiger partial charge on any atom is 0.256 e. The molecule has 0 unspecified atom stereocenters. The Morgan fingerprint density at radius 3 is 2.52 bits per heavy atom. The average molecular weight is 332 g/mol. The molecule has 23 heavy (non-hydrogen) atoms. The highest BCUT2D eigenvalue weighted by Crippen LogP contribution is 2.24. The molecule has 0 atom stereocenters. The van der Waals surface area contributed by atoms with Crippen molar-refractivity contribution in [2.45, 2.75) is 19.8 Å². The van der Waals surface area contributed by atoms with Crippen LogP contribution in [-0.4, -0.2) is 25.5 Å². The second kappa shape index (κ2) is 8.33. The van der Waals surface area contributed by atoms with Crippen molar-refractivity contribution in [1.82, 2.24) is 5.32 Å². The first-order chi connectivity index (χ1) is 11.2. The third-order valence-corrected chi connectivity index (χ3v) is 4.08. The van der Waals surface area contributed by atoms with Crippen molar-refractivity contribution in [1.29, 1.82) is 0 Å². The molecule has 0 saturated carbocycles. The zero-order valence-electron chi connectivity index (χ0n) is 13.2. The van der Waals surface area contributed by atoms with Crippen LogP contribution in [-0.2, 0) is 0 Å². The summed E-state index contributed by atoms with van der Waals surface area (Å²) in [6.07, 6.45) is 2.08. The highest BCUT2D eigenvalue weighted by atomic mass is 32.1. The summed E-state index contributed by atoms with van der Waals surface area (Å²) in [6, 6.07) is 8.66. The van der Waals surface area contributed by atoms with Gasteiger partial charge in [0.05, 0.1) is 12.2 Å². The van der Waals surface area contributed by atoms with Crippen molar-refractivity contribution < 1.29 is 14.3 Å². The van der Waals surface area contributed by atoms with Crippen molar-refractivity contribution in [3.63, 3.8) is 0 Å². The molecule has 1 heterocycles. The SMILES string of the molecule is CCCCOc1ccc(C(=O)Nc2sccc2C(=O)NC)cc1. The molecule has 122 valence electrons. The zero-order chi connectivity index (χ0) is 16.7. The van der Waals surface area contributed by atoms with Gasteiger partial charge in [0.25, 0.3) is 11.8 Å². The summed E-state index contributed by atoms with van der Waals surface area (Å²) in [6.45, 7) is 2.78. The minimum Gasteiger partial charge on any atom is -0.494 e. The van der Waals surface area contributed by atoms with Crippen LogP contribution < -0.4 is 15.4 Å². The molecule has 0 fully saturated rings. The molecule has 1 aromatic carbocycles. The molecule has 0 bridgehead atoms. The van der Waals surface area contributed by atoms with Gasteiger partial charge in [-0.2, -0.15) is 0 Å². The topological polar surface area (TPSA) is 67.4 Å². The fraction of sp³-hybridized carbons (Fsp3) is 0.294. The highest BCUT2D eigenvalue weighted by molar-refractivity contribution is 7.14. The third kappa shape index (κ3) is 4.56. The van der Waals surface area contributed by atoms with Gasteiger partial charge in [-0.3, -0.25) is 9.59 Å². The van der Waals surface area contributed by atoms with Crippen LogP contribution in [0.3, 0.4) is 0 Å². The summed E-state index contributed by atoms with van der Waals surface area (Å²) in [4.78, 5) is 24.0. The number of unbranched alkanes of at least 4 members (excludes halogenated alkanes) is 1. The molecule has 0 saturated heterocycles. The third-order valence-electron chi connectivity index (χ3n) is 3.25. The number of carbonyl (C=O) groups excluding carboxylic acids is 2. The van der Waals surface area contributed by atoms with Crippen LogP contribution in [0.5, 0.6) is 5.75 Å². The first kappa shape index (κ1) is 17.0. The van der Waals surface area contributed by atoms with Crippen LogP contribution in [0, 0.1) is 0 Å². The first-order valence-corrected chi connectivity index (χ1v) is 8.37. The highest BCUT2D eigenvalue weighted by Gasteiger charge is 2.14. The number of thiophene rings is 1. The Bertz CT molecular complexity index is 665. The summed E-state index contributed by atoms with van der Waals surface area (Å²) in [5, 5.41) is 7.63. The van der Waals surface area contributed by atoms with Crippen LogP contribution in [0.2, 0.25) is 0 Å². The average Bonchev–Trinajstić information content (AvgIpc) is 3.03. The lowest BCUT2D eigenvalue weighted by Gasteiger charge is -2.08. The molecule has 2 N–H and O–H groups in total. The van der Waals surface area contributed by atoms with Gasteiger partial charge < -0.3 is 15.4 Å². The predicted octanol–water partition coefficient (Wildman–Crippen LogP) is 3.54. The molecule has 1 aromatic heterocycles. The van der Waals surface area contributed by atoms with Crippen molar-refractivity contribution in [2.24, 2.45) is 0 Å². The van der Waals surface area contributed by atoms with Gasteiger partial charge in [0.2, 0.25) is 0 Å². The number of rotatable bonds is 7. The van der Waals surface area contributed by atoms with Crippen molar-refractivity contribution in [2.75, 3.05) is 19.0 Å². The molecule has 0 spiro atoms. The second-order valence-electron chi connectivity index (χ2n) is 4.92. The largest absolute Gasteiger partial charge is 0.494 e. The predicted molar refractivity (Wildman–Crippen MR) is 92.5 cm³/mol. The summed E-state index contributed by atoms with van der Waals surface area (Å²) in [7, 11) is 1.56. The molecule has 2 rings (SSSR count). The van der Waals surface area contributed by atoms with Gasteiger partial charge in [0, 0.05) is 12.6 Å². The molecule has 2 amide bonds. The quantitative estimate of drug-likeness (QED) is 0.762. The van der Waals surface area contributed by atoms with Crippen LogP contribution in [0.4, 0.5) is 5.00 Å². The van der Waals surface area contributed by atoms with E-state index in [-0.39, 0.29) is 11.8 Å². The number of amides is 2. The Labute approximate surface area is 139 Å². The Morgan fingerprint density at radius 1 is 1.13 bits per heavy atom. The van der Waals surface area contributed by atoms with Crippen LogP contribution in [0.1, 0.15) is 40.5 Å². The Hall–Kier alpha value is -2.34.